The van der Waals surface area contributed by atoms with Crippen LogP contribution in [-0.2, 0) is 9.59 Å². The summed E-state index contributed by atoms with van der Waals surface area (Å²) in [4.78, 5) is 24.2. The van der Waals surface area contributed by atoms with E-state index in [4.69, 9.17) is 0 Å². The maximum Gasteiger partial charge on any atom is 0.223 e. The summed E-state index contributed by atoms with van der Waals surface area (Å²) in [7, 11) is 0. The minimum Gasteiger partial charge on any atom is -0.356 e. The molecule has 0 aromatic rings. The summed E-state index contributed by atoms with van der Waals surface area (Å²) in [6.45, 7) is 11.1. The van der Waals surface area contributed by atoms with E-state index in [1.54, 1.807) is 0 Å². The van der Waals surface area contributed by atoms with Crippen LogP contribution in [0.5, 0.6) is 0 Å². The molecule has 0 unspecified atom stereocenters. The maximum absolute atomic E-state index is 12.1. The molecule has 0 bridgehead atoms. The van der Waals surface area contributed by atoms with Crippen molar-refractivity contribution in [1.82, 2.24) is 10.6 Å². The van der Waals surface area contributed by atoms with Crippen LogP contribution in [0.15, 0.2) is 0 Å². The first-order chi connectivity index (χ1) is 9.69. The van der Waals surface area contributed by atoms with E-state index < -0.39 is 0 Å². The van der Waals surface area contributed by atoms with Gasteiger partial charge in [-0.15, -0.1) is 0 Å². The van der Waals surface area contributed by atoms with Crippen molar-refractivity contribution in [1.29, 1.82) is 0 Å². The topological polar surface area (TPSA) is 58.2 Å². The third-order valence-electron chi connectivity index (χ3n) is 3.99. The van der Waals surface area contributed by atoms with Gasteiger partial charge in [0.25, 0.3) is 0 Å². The lowest BCUT2D eigenvalue weighted by atomic mass is 9.81. The van der Waals surface area contributed by atoms with Crippen molar-refractivity contribution in [2.24, 2.45) is 17.8 Å². The molecule has 1 aliphatic carbocycles. The van der Waals surface area contributed by atoms with Crippen molar-refractivity contribution in [2.75, 3.05) is 6.54 Å². The van der Waals surface area contributed by atoms with Gasteiger partial charge in [-0.3, -0.25) is 9.59 Å². The molecule has 2 amide bonds. The molecule has 4 nitrogen and oxygen atoms in total. The number of hydrogen-bond acceptors (Lipinski definition) is 2. The standard InChI is InChI=1S/C17H32N2O2/c1-12(2)10-11-18-15(20)13-6-8-14(9-7-13)16(21)19-17(3,4)5/h12-14H,6-11H2,1-5H3,(H,18,20)(H,19,21). The highest BCUT2D eigenvalue weighted by atomic mass is 16.2. The molecular weight excluding hydrogens is 264 g/mol. The summed E-state index contributed by atoms with van der Waals surface area (Å²) in [6, 6.07) is 0. The van der Waals surface area contributed by atoms with Gasteiger partial charge in [0.2, 0.25) is 11.8 Å². The Balaban J connectivity index is 2.31. The lowest BCUT2D eigenvalue weighted by Gasteiger charge is -2.30. The molecule has 4 heteroatoms. The number of hydrogen-bond donors (Lipinski definition) is 2. The molecule has 1 fully saturated rings. The van der Waals surface area contributed by atoms with Gasteiger partial charge >= 0.3 is 0 Å². The average Bonchev–Trinajstić information content (AvgIpc) is 2.36. The predicted molar refractivity (Wildman–Crippen MR) is 85.8 cm³/mol. The zero-order valence-electron chi connectivity index (χ0n) is 14.3. The molecular formula is C17H32N2O2. The van der Waals surface area contributed by atoms with Crippen molar-refractivity contribution >= 4 is 11.8 Å². The van der Waals surface area contributed by atoms with Crippen molar-refractivity contribution in [2.45, 2.75) is 72.3 Å². The Kier molecular flexibility index (Phi) is 6.69. The minimum absolute atomic E-state index is 0.0731. The molecule has 0 atom stereocenters. The molecule has 0 spiro atoms. The van der Waals surface area contributed by atoms with E-state index in [9.17, 15) is 9.59 Å². The Bertz CT molecular complexity index is 350. The van der Waals surface area contributed by atoms with Crippen LogP contribution >= 0.6 is 0 Å². The number of rotatable bonds is 5. The van der Waals surface area contributed by atoms with E-state index in [0.717, 1.165) is 38.6 Å². The Labute approximate surface area is 129 Å². The zero-order valence-corrected chi connectivity index (χ0v) is 14.3. The zero-order chi connectivity index (χ0) is 16.0. The molecule has 0 aromatic carbocycles. The van der Waals surface area contributed by atoms with Gasteiger partial charge in [-0.25, -0.2) is 0 Å². The average molecular weight is 296 g/mol. The van der Waals surface area contributed by atoms with Gasteiger partial charge in [-0.1, -0.05) is 13.8 Å². The van der Waals surface area contributed by atoms with E-state index >= 15 is 0 Å². The Morgan fingerprint density at radius 2 is 1.48 bits per heavy atom. The molecule has 0 aromatic heterocycles. The van der Waals surface area contributed by atoms with Crippen LogP contribution in [0.2, 0.25) is 0 Å². The van der Waals surface area contributed by atoms with Gasteiger partial charge in [-0.2, -0.15) is 0 Å². The third kappa shape index (κ3) is 6.96. The maximum atomic E-state index is 12.1. The highest BCUT2D eigenvalue weighted by Gasteiger charge is 2.31. The van der Waals surface area contributed by atoms with Crippen molar-refractivity contribution in [3.05, 3.63) is 0 Å². The van der Waals surface area contributed by atoms with Gasteiger partial charge in [0, 0.05) is 23.9 Å². The molecule has 21 heavy (non-hydrogen) atoms. The summed E-state index contributed by atoms with van der Waals surface area (Å²) >= 11 is 0. The van der Waals surface area contributed by atoms with E-state index in [0.29, 0.717) is 5.92 Å². The number of carbonyl (C=O) groups is 2. The van der Waals surface area contributed by atoms with Gasteiger partial charge in [0.1, 0.15) is 0 Å². The van der Waals surface area contributed by atoms with Crippen LogP contribution in [0, 0.1) is 17.8 Å². The van der Waals surface area contributed by atoms with E-state index in [1.165, 1.54) is 0 Å². The number of carbonyl (C=O) groups excluding carboxylic acids is 2. The summed E-state index contributed by atoms with van der Waals surface area (Å²) < 4.78 is 0. The Morgan fingerprint density at radius 1 is 1.00 bits per heavy atom. The normalized spacial score (nSPS) is 23.0. The molecule has 122 valence electrons. The summed E-state index contributed by atoms with van der Waals surface area (Å²) in [5.74, 6) is 1.09. The lowest BCUT2D eigenvalue weighted by Crippen LogP contribution is -2.45. The quantitative estimate of drug-likeness (QED) is 0.819. The molecule has 0 radical (unpaired) electrons. The number of nitrogens with one attached hydrogen (secondary N) is 2. The van der Waals surface area contributed by atoms with E-state index in [-0.39, 0.29) is 29.2 Å². The highest BCUT2D eigenvalue weighted by Crippen LogP contribution is 2.29. The highest BCUT2D eigenvalue weighted by molar-refractivity contribution is 5.81. The third-order valence-corrected chi connectivity index (χ3v) is 3.99. The van der Waals surface area contributed by atoms with E-state index in [2.05, 4.69) is 24.5 Å². The summed E-state index contributed by atoms with van der Waals surface area (Å²) in [5.41, 5.74) is -0.178. The molecule has 0 heterocycles. The summed E-state index contributed by atoms with van der Waals surface area (Å²) in [5, 5.41) is 6.07. The Morgan fingerprint density at radius 3 is 1.90 bits per heavy atom. The van der Waals surface area contributed by atoms with Crippen LogP contribution in [-0.4, -0.2) is 23.9 Å². The molecule has 0 saturated heterocycles. The van der Waals surface area contributed by atoms with Gasteiger partial charge in [0.15, 0.2) is 0 Å². The fourth-order valence-corrected chi connectivity index (χ4v) is 2.72. The van der Waals surface area contributed by atoms with Crippen LogP contribution in [0.4, 0.5) is 0 Å². The Hall–Kier alpha value is -1.06. The minimum atomic E-state index is -0.178. The van der Waals surface area contributed by atoms with Crippen LogP contribution in [0.1, 0.15) is 66.7 Å². The second-order valence-corrected chi connectivity index (χ2v) is 7.76. The monoisotopic (exact) mass is 296 g/mol. The summed E-state index contributed by atoms with van der Waals surface area (Å²) in [6.07, 6.45) is 4.33. The van der Waals surface area contributed by atoms with Gasteiger partial charge < -0.3 is 10.6 Å². The molecule has 0 aliphatic heterocycles. The van der Waals surface area contributed by atoms with Gasteiger partial charge in [-0.05, 0) is 58.8 Å². The largest absolute Gasteiger partial charge is 0.356 e. The first kappa shape index (κ1) is 18.0. The SMILES string of the molecule is CC(C)CCNC(=O)C1CCC(C(=O)NC(C)(C)C)CC1. The fourth-order valence-electron chi connectivity index (χ4n) is 2.72. The van der Waals surface area contributed by atoms with Crippen molar-refractivity contribution in [3.63, 3.8) is 0 Å². The van der Waals surface area contributed by atoms with Crippen LogP contribution in [0.3, 0.4) is 0 Å². The van der Waals surface area contributed by atoms with Crippen LogP contribution in [0.25, 0.3) is 0 Å². The molecule has 1 rings (SSSR count). The fraction of sp³-hybridized carbons (Fsp3) is 0.882. The molecule has 2 N–H and O–H groups in total. The number of amides is 2. The van der Waals surface area contributed by atoms with E-state index in [1.807, 2.05) is 20.8 Å². The predicted octanol–water partition coefficient (Wildman–Crippen LogP) is 2.87. The lowest BCUT2D eigenvalue weighted by molar-refractivity contribution is -0.131. The second kappa shape index (κ2) is 7.81. The second-order valence-electron chi connectivity index (χ2n) is 7.76. The van der Waals surface area contributed by atoms with Crippen LogP contribution < -0.4 is 10.6 Å². The smallest absolute Gasteiger partial charge is 0.223 e. The van der Waals surface area contributed by atoms with Gasteiger partial charge in [0.05, 0.1) is 0 Å². The first-order valence-corrected chi connectivity index (χ1v) is 8.29. The van der Waals surface area contributed by atoms with Crippen molar-refractivity contribution < 1.29 is 9.59 Å². The molecule has 1 saturated carbocycles. The van der Waals surface area contributed by atoms with Crippen molar-refractivity contribution in [3.8, 4) is 0 Å². The first-order valence-electron chi connectivity index (χ1n) is 8.29. The molecule has 1 aliphatic rings.